The Bertz CT molecular complexity index is 620. The first-order valence-corrected chi connectivity index (χ1v) is 7.74. The van der Waals surface area contributed by atoms with Crippen LogP contribution in [0.15, 0.2) is 18.9 Å². The molecule has 1 amide bonds. The lowest BCUT2D eigenvalue weighted by Crippen LogP contribution is -2.49. The van der Waals surface area contributed by atoms with Gasteiger partial charge in [0.25, 0.3) is 5.91 Å². The number of fused-ring (bicyclic) bond motifs is 1. The molecule has 5 nitrogen and oxygen atoms in total. The van der Waals surface area contributed by atoms with Crippen LogP contribution in [-0.2, 0) is 4.79 Å². The van der Waals surface area contributed by atoms with E-state index < -0.39 is 11.6 Å². The third-order valence-electron chi connectivity index (χ3n) is 4.50. The molecule has 7 heteroatoms. The first-order chi connectivity index (χ1) is 10.5. The minimum Gasteiger partial charge on any atom is -0.348 e. The number of aromatic nitrogens is 2. The summed E-state index contributed by atoms with van der Waals surface area (Å²) in [6, 6.07) is 0.152. The molecule has 3 rings (SSSR count). The Hall–Kier alpha value is -1.69. The number of halogens is 2. The Balaban J connectivity index is 2.14. The molecule has 22 heavy (non-hydrogen) atoms. The first kappa shape index (κ1) is 15.2. The van der Waals surface area contributed by atoms with Gasteiger partial charge in [-0.2, -0.15) is 4.98 Å². The van der Waals surface area contributed by atoms with E-state index in [2.05, 4.69) is 16.5 Å². The van der Waals surface area contributed by atoms with Crippen LogP contribution in [0.3, 0.4) is 0 Å². The Labute approximate surface area is 133 Å². The number of carbonyl (C=O) groups excluding carboxylic acids is 1. The van der Waals surface area contributed by atoms with Gasteiger partial charge in [-0.15, -0.1) is 0 Å². The highest BCUT2D eigenvalue weighted by Crippen LogP contribution is 2.39. The molecule has 1 aliphatic carbocycles. The molecule has 1 atom stereocenters. The quantitative estimate of drug-likeness (QED) is 0.620. The van der Waals surface area contributed by atoms with Crippen molar-refractivity contribution < 1.29 is 9.18 Å². The number of carbonyl (C=O) groups is 1. The van der Waals surface area contributed by atoms with E-state index in [9.17, 15) is 4.79 Å². The van der Waals surface area contributed by atoms with Gasteiger partial charge < -0.3 is 9.80 Å². The molecule has 118 valence electrons. The maximum absolute atomic E-state index is 15.1. The van der Waals surface area contributed by atoms with Gasteiger partial charge in [-0.05, 0) is 30.5 Å². The molecule has 0 unspecified atom stereocenters. The zero-order valence-corrected chi connectivity index (χ0v) is 13.2. The minimum atomic E-state index is -2.15. The molecule has 1 aromatic heterocycles. The van der Waals surface area contributed by atoms with Crippen LogP contribution in [0.2, 0.25) is 5.28 Å². The summed E-state index contributed by atoms with van der Waals surface area (Å²) in [5.41, 5.74) is -1.67. The highest BCUT2D eigenvalue weighted by molar-refractivity contribution is 6.28. The van der Waals surface area contributed by atoms with Gasteiger partial charge in [-0.25, -0.2) is 9.37 Å². The van der Waals surface area contributed by atoms with Gasteiger partial charge in [-0.3, -0.25) is 4.79 Å². The number of amides is 1. The van der Waals surface area contributed by atoms with Crippen molar-refractivity contribution in [3.63, 3.8) is 0 Å². The standard InChI is InChI=1S/C15H18ClFN4O/c1-3-15(17)9-21(10-6-4-5-7-10)12-11(20(2)13(15)22)8-18-14(16)19-12/h3,8,10H,1,4-7,9H2,2H3/t15-/m1/s1. The van der Waals surface area contributed by atoms with Crippen molar-refractivity contribution in [1.29, 1.82) is 0 Å². The smallest absolute Gasteiger partial charge is 0.270 e. The number of alkyl halides is 1. The summed E-state index contributed by atoms with van der Waals surface area (Å²) in [5.74, 6) is -0.140. The molecule has 1 fully saturated rings. The van der Waals surface area contributed by atoms with Crippen LogP contribution in [0, 0.1) is 0 Å². The van der Waals surface area contributed by atoms with E-state index in [1.807, 2.05) is 4.90 Å². The van der Waals surface area contributed by atoms with E-state index in [1.54, 1.807) is 0 Å². The van der Waals surface area contributed by atoms with Crippen molar-refractivity contribution in [3.05, 3.63) is 24.1 Å². The van der Waals surface area contributed by atoms with Crippen molar-refractivity contribution >= 4 is 29.0 Å². The third-order valence-corrected chi connectivity index (χ3v) is 4.69. The van der Waals surface area contributed by atoms with E-state index >= 15 is 4.39 Å². The van der Waals surface area contributed by atoms with Gasteiger partial charge in [0.05, 0.1) is 12.7 Å². The lowest BCUT2D eigenvalue weighted by atomic mass is 10.0. The second-order valence-corrected chi connectivity index (χ2v) is 6.18. The average Bonchev–Trinajstić information content (AvgIpc) is 3.02. The second-order valence-electron chi connectivity index (χ2n) is 5.84. The number of hydrogen-bond acceptors (Lipinski definition) is 4. The van der Waals surface area contributed by atoms with Crippen LogP contribution in [0.5, 0.6) is 0 Å². The lowest BCUT2D eigenvalue weighted by molar-refractivity contribution is -0.126. The normalized spacial score (nSPS) is 26.0. The minimum absolute atomic E-state index is 0.0903. The van der Waals surface area contributed by atoms with Crippen LogP contribution in [0.4, 0.5) is 15.9 Å². The number of nitrogens with zero attached hydrogens (tertiary/aromatic N) is 4. The summed E-state index contributed by atoms with van der Waals surface area (Å²) in [7, 11) is 1.52. The molecule has 0 spiro atoms. The first-order valence-electron chi connectivity index (χ1n) is 7.36. The average molecular weight is 325 g/mol. The van der Waals surface area contributed by atoms with Crippen LogP contribution in [0.1, 0.15) is 25.7 Å². The number of hydrogen-bond donors (Lipinski definition) is 0. The topological polar surface area (TPSA) is 49.3 Å². The molecular weight excluding hydrogens is 307 g/mol. The van der Waals surface area contributed by atoms with Crippen LogP contribution in [0.25, 0.3) is 0 Å². The predicted octanol–water partition coefficient (Wildman–Crippen LogP) is 2.75. The summed E-state index contributed by atoms with van der Waals surface area (Å²) < 4.78 is 15.1. The van der Waals surface area contributed by atoms with E-state index in [1.165, 1.54) is 18.1 Å². The van der Waals surface area contributed by atoms with Crippen LogP contribution >= 0.6 is 11.6 Å². The third kappa shape index (κ3) is 2.35. The van der Waals surface area contributed by atoms with Crippen LogP contribution in [-0.4, -0.2) is 41.2 Å². The van der Waals surface area contributed by atoms with Crippen molar-refractivity contribution in [1.82, 2.24) is 9.97 Å². The fourth-order valence-corrected chi connectivity index (χ4v) is 3.37. The van der Waals surface area contributed by atoms with Crippen molar-refractivity contribution in [2.45, 2.75) is 37.4 Å². The molecule has 1 aromatic rings. The highest BCUT2D eigenvalue weighted by atomic mass is 35.5. The molecule has 0 saturated heterocycles. The highest BCUT2D eigenvalue weighted by Gasteiger charge is 2.46. The molecule has 0 bridgehead atoms. The zero-order valence-electron chi connectivity index (χ0n) is 12.4. The van der Waals surface area contributed by atoms with Crippen molar-refractivity contribution in [2.75, 3.05) is 23.4 Å². The number of anilines is 2. The van der Waals surface area contributed by atoms with Crippen molar-refractivity contribution in [3.8, 4) is 0 Å². The molecular formula is C15H18ClFN4O. The zero-order chi connectivity index (χ0) is 15.9. The molecule has 2 heterocycles. The number of rotatable bonds is 2. The summed E-state index contributed by atoms with van der Waals surface area (Å²) in [5, 5.41) is 0.0903. The Morgan fingerprint density at radius 2 is 2.18 bits per heavy atom. The van der Waals surface area contributed by atoms with Gasteiger partial charge in [0.15, 0.2) is 5.82 Å². The Morgan fingerprint density at radius 1 is 1.50 bits per heavy atom. The summed E-state index contributed by atoms with van der Waals surface area (Å²) in [4.78, 5) is 23.8. The predicted molar refractivity (Wildman–Crippen MR) is 84.1 cm³/mol. The fraction of sp³-hybridized carbons (Fsp3) is 0.533. The molecule has 0 radical (unpaired) electrons. The maximum Gasteiger partial charge on any atom is 0.270 e. The molecule has 2 aliphatic rings. The SMILES string of the molecule is C=C[C@@]1(F)CN(C2CCCC2)c2nc(Cl)ncc2N(C)C1=O. The van der Waals surface area contributed by atoms with Crippen molar-refractivity contribution in [2.24, 2.45) is 0 Å². The van der Waals surface area contributed by atoms with E-state index in [0.29, 0.717) is 11.5 Å². The fourth-order valence-electron chi connectivity index (χ4n) is 3.24. The van der Waals surface area contributed by atoms with Gasteiger partial charge >= 0.3 is 0 Å². The van der Waals surface area contributed by atoms with Gasteiger partial charge in [0.2, 0.25) is 11.0 Å². The monoisotopic (exact) mass is 324 g/mol. The molecule has 1 aliphatic heterocycles. The summed E-state index contributed by atoms with van der Waals surface area (Å²) in [6.45, 7) is 3.42. The molecule has 1 saturated carbocycles. The molecule has 0 aromatic carbocycles. The maximum atomic E-state index is 15.1. The summed E-state index contributed by atoms with van der Waals surface area (Å²) >= 11 is 5.92. The summed E-state index contributed by atoms with van der Waals surface area (Å²) in [6.07, 6.45) is 6.63. The second kappa shape index (κ2) is 5.50. The Kier molecular flexibility index (Phi) is 3.80. The largest absolute Gasteiger partial charge is 0.348 e. The lowest BCUT2D eigenvalue weighted by Gasteiger charge is -2.32. The van der Waals surface area contributed by atoms with Gasteiger partial charge in [0.1, 0.15) is 5.69 Å². The van der Waals surface area contributed by atoms with E-state index in [4.69, 9.17) is 11.6 Å². The Morgan fingerprint density at radius 3 is 2.82 bits per heavy atom. The van der Waals surface area contributed by atoms with Crippen LogP contribution < -0.4 is 9.80 Å². The van der Waals surface area contributed by atoms with Gasteiger partial charge in [0, 0.05) is 13.1 Å². The van der Waals surface area contributed by atoms with E-state index in [-0.39, 0.29) is 17.9 Å². The van der Waals surface area contributed by atoms with Gasteiger partial charge in [-0.1, -0.05) is 19.4 Å². The molecule has 0 N–H and O–H groups in total. The van der Waals surface area contributed by atoms with E-state index in [0.717, 1.165) is 31.8 Å².